The lowest BCUT2D eigenvalue weighted by Gasteiger charge is -2.26. The highest BCUT2D eigenvalue weighted by atomic mass is 19.4. The highest BCUT2D eigenvalue weighted by Crippen LogP contribution is 2.49. The van der Waals surface area contributed by atoms with Crippen LogP contribution in [-0.2, 0) is 16.3 Å². The Morgan fingerprint density at radius 1 is 1.14 bits per heavy atom. The average molecular weight is 317 g/mol. The van der Waals surface area contributed by atoms with E-state index >= 15 is 0 Å². The first-order chi connectivity index (χ1) is 10.4. The Morgan fingerprint density at radius 2 is 1.82 bits per heavy atom. The summed E-state index contributed by atoms with van der Waals surface area (Å²) in [7, 11) is 0. The van der Waals surface area contributed by atoms with Crippen LogP contribution in [0.15, 0.2) is 18.2 Å². The van der Waals surface area contributed by atoms with Gasteiger partial charge in [0.1, 0.15) is 5.82 Å². The van der Waals surface area contributed by atoms with Gasteiger partial charge in [0.2, 0.25) is 0 Å². The number of nitrogens with one attached hydrogen (secondary N) is 1. The topological polar surface area (TPSA) is 21.3 Å². The summed E-state index contributed by atoms with van der Waals surface area (Å²) in [5.41, 5.74) is -0.792. The first-order valence-corrected chi connectivity index (χ1v) is 7.58. The van der Waals surface area contributed by atoms with E-state index in [9.17, 15) is 17.6 Å². The van der Waals surface area contributed by atoms with Crippen molar-refractivity contribution in [3.63, 3.8) is 0 Å². The third kappa shape index (κ3) is 3.43. The van der Waals surface area contributed by atoms with Crippen LogP contribution >= 0.6 is 0 Å². The molecule has 0 amide bonds. The molecular formula is C16H19F4NO. The molecule has 0 radical (unpaired) electrons. The number of hydrogen-bond acceptors (Lipinski definition) is 2. The van der Waals surface area contributed by atoms with E-state index in [0.29, 0.717) is 37.4 Å². The third-order valence-corrected chi connectivity index (χ3v) is 4.64. The molecule has 22 heavy (non-hydrogen) atoms. The standard InChI is InChI=1S/C16H19F4NO/c17-13-8-11(7-12(9-13)16(18,19)20)15(3-4-15)10-21-14-1-5-22-6-2-14/h7-9,14,21H,1-6,10H2. The Morgan fingerprint density at radius 3 is 2.41 bits per heavy atom. The van der Waals surface area contributed by atoms with Gasteiger partial charge < -0.3 is 10.1 Å². The first-order valence-electron chi connectivity index (χ1n) is 7.58. The molecule has 1 aliphatic heterocycles. The lowest BCUT2D eigenvalue weighted by atomic mass is 9.93. The van der Waals surface area contributed by atoms with Gasteiger partial charge in [-0.2, -0.15) is 13.2 Å². The van der Waals surface area contributed by atoms with Gasteiger partial charge in [-0.15, -0.1) is 0 Å². The maximum Gasteiger partial charge on any atom is 0.416 e. The molecule has 2 nitrogen and oxygen atoms in total. The van der Waals surface area contributed by atoms with Gasteiger partial charge in [0.25, 0.3) is 0 Å². The molecule has 1 aliphatic carbocycles. The van der Waals surface area contributed by atoms with Crippen LogP contribution in [-0.4, -0.2) is 25.8 Å². The summed E-state index contributed by atoms with van der Waals surface area (Å²) in [6, 6.07) is 3.24. The minimum atomic E-state index is -4.51. The smallest absolute Gasteiger partial charge is 0.381 e. The zero-order valence-corrected chi connectivity index (χ0v) is 12.2. The van der Waals surface area contributed by atoms with Crippen molar-refractivity contribution in [1.29, 1.82) is 0 Å². The van der Waals surface area contributed by atoms with Crippen molar-refractivity contribution in [2.45, 2.75) is 43.3 Å². The predicted molar refractivity (Wildman–Crippen MR) is 74.2 cm³/mol. The van der Waals surface area contributed by atoms with Gasteiger partial charge in [0, 0.05) is 31.2 Å². The minimum Gasteiger partial charge on any atom is -0.381 e. The summed E-state index contributed by atoms with van der Waals surface area (Å²) in [6.45, 7) is 2.02. The minimum absolute atomic E-state index is 0.335. The Bertz CT molecular complexity index is 533. The van der Waals surface area contributed by atoms with Crippen molar-refractivity contribution in [2.24, 2.45) is 0 Å². The molecule has 1 aromatic carbocycles. The van der Waals surface area contributed by atoms with Gasteiger partial charge in [-0.3, -0.25) is 0 Å². The van der Waals surface area contributed by atoms with Crippen molar-refractivity contribution in [2.75, 3.05) is 19.8 Å². The van der Waals surface area contributed by atoms with Crippen LogP contribution < -0.4 is 5.32 Å². The SMILES string of the molecule is Fc1cc(C(F)(F)F)cc(C2(CNC3CCOCC3)CC2)c1. The Hall–Kier alpha value is -1.14. The summed E-state index contributed by atoms with van der Waals surface area (Å²) >= 11 is 0. The molecule has 2 aliphatic rings. The van der Waals surface area contributed by atoms with Crippen LogP contribution in [0.1, 0.15) is 36.8 Å². The highest BCUT2D eigenvalue weighted by Gasteiger charge is 2.45. The summed E-state index contributed by atoms with van der Waals surface area (Å²) in [5, 5.41) is 3.42. The van der Waals surface area contributed by atoms with Crippen LogP contribution in [0.5, 0.6) is 0 Å². The molecule has 1 N–H and O–H groups in total. The van der Waals surface area contributed by atoms with Crippen molar-refractivity contribution in [1.82, 2.24) is 5.32 Å². The maximum atomic E-state index is 13.6. The van der Waals surface area contributed by atoms with Crippen molar-refractivity contribution >= 4 is 0 Å². The van der Waals surface area contributed by atoms with E-state index in [1.165, 1.54) is 6.07 Å². The van der Waals surface area contributed by atoms with Crippen LogP contribution in [0.3, 0.4) is 0 Å². The molecule has 0 atom stereocenters. The van der Waals surface area contributed by atoms with Gasteiger partial charge in [0.05, 0.1) is 5.56 Å². The fourth-order valence-corrected chi connectivity index (χ4v) is 3.02. The molecule has 3 rings (SSSR count). The summed E-state index contributed by atoms with van der Waals surface area (Å²) in [5.74, 6) is -0.817. The van der Waals surface area contributed by atoms with Crippen molar-refractivity contribution < 1.29 is 22.3 Å². The molecule has 2 fully saturated rings. The maximum absolute atomic E-state index is 13.6. The molecule has 1 saturated heterocycles. The van der Waals surface area contributed by atoms with Crippen LogP contribution in [0, 0.1) is 5.82 Å². The average Bonchev–Trinajstić information content (AvgIpc) is 3.26. The second-order valence-electron chi connectivity index (χ2n) is 6.27. The van der Waals surface area contributed by atoms with Crippen LogP contribution in [0.2, 0.25) is 0 Å². The molecule has 1 aromatic rings. The molecule has 122 valence electrons. The van der Waals surface area contributed by atoms with Crippen LogP contribution in [0.25, 0.3) is 0 Å². The van der Waals surface area contributed by atoms with Gasteiger partial charge in [-0.25, -0.2) is 4.39 Å². The van der Waals surface area contributed by atoms with E-state index in [2.05, 4.69) is 5.32 Å². The molecule has 0 unspecified atom stereocenters. The highest BCUT2D eigenvalue weighted by molar-refractivity contribution is 5.37. The second-order valence-corrected chi connectivity index (χ2v) is 6.27. The monoisotopic (exact) mass is 317 g/mol. The zero-order valence-electron chi connectivity index (χ0n) is 12.2. The summed E-state index contributed by atoms with van der Waals surface area (Å²) < 4.78 is 57.4. The van der Waals surface area contributed by atoms with E-state index in [1.54, 1.807) is 0 Å². The van der Waals surface area contributed by atoms with E-state index in [-0.39, 0.29) is 5.41 Å². The quantitative estimate of drug-likeness (QED) is 0.856. The first kappa shape index (κ1) is 15.7. The zero-order chi connectivity index (χ0) is 15.8. The van der Waals surface area contributed by atoms with E-state index in [1.807, 2.05) is 0 Å². The second kappa shape index (κ2) is 5.81. The molecular weight excluding hydrogens is 298 g/mol. The summed E-state index contributed by atoms with van der Waals surface area (Å²) in [4.78, 5) is 0. The number of halogens is 4. The number of alkyl halides is 3. The van der Waals surface area contributed by atoms with Gasteiger partial charge in [0.15, 0.2) is 0 Å². The Labute approximate surface area is 126 Å². The lowest BCUT2D eigenvalue weighted by molar-refractivity contribution is -0.137. The van der Waals surface area contributed by atoms with Gasteiger partial charge in [-0.1, -0.05) is 0 Å². The normalized spacial score (nSPS) is 21.8. The molecule has 0 spiro atoms. The Balaban J connectivity index is 1.73. The molecule has 6 heteroatoms. The van der Waals surface area contributed by atoms with Crippen molar-refractivity contribution in [3.8, 4) is 0 Å². The van der Waals surface area contributed by atoms with E-state index in [4.69, 9.17) is 4.74 Å². The van der Waals surface area contributed by atoms with E-state index in [0.717, 1.165) is 31.7 Å². The van der Waals surface area contributed by atoms with Gasteiger partial charge in [-0.05, 0) is 49.4 Å². The predicted octanol–water partition coefficient (Wildman–Crippen LogP) is 3.64. The number of hydrogen-bond donors (Lipinski definition) is 1. The third-order valence-electron chi connectivity index (χ3n) is 4.64. The largest absolute Gasteiger partial charge is 0.416 e. The fourth-order valence-electron chi connectivity index (χ4n) is 3.02. The molecule has 0 aromatic heterocycles. The lowest BCUT2D eigenvalue weighted by Crippen LogP contribution is -2.39. The van der Waals surface area contributed by atoms with Crippen LogP contribution in [0.4, 0.5) is 17.6 Å². The van der Waals surface area contributed by atoms with Crippen molar-refractivity contribution in [3.05, 3.63) is 35.1 Å². The van der Waals surface area contributed by atoms with E-state index < -0.39 is 17.6 Å². The molecule has 0 bridgehead atoms. The number of rotatable bonds is 4. The fraction of sp³-hybridized carbons (Fsp3) is 0.625. The Kier molecular flexibility index (Phi) is 4.16. The molecule has 1 saturated carbocycles. The number of benzene rings is 1. The number of ether oxygens (including phenoxy) is 1. The van der Waals surface area contributed by atoms with Gasteiger partial charge >= 0.3 is 6.18 Å². The summed E-state index contributed by atoms with van der Waals surface area (Å²) in [6.07, 6.45) is -1.10. The molecule has 1 heterocycles.